The first kappa shape index (κ1) is 31.0. The van der Waals surface area contributed by atoms with Crippen molar-refractivity contribution in [1.82, 2.24) is 9.97 Å². The summed E-state index contributed by atoms with van der Waals surface area (Å²) < 4.78 is 13.4. The third kappa shape index (κ3) is 5.22. The second-order valence-corrected chi connectivity index (χ2v) is 14.2. The van der Waals surface area contributed by atoms with Crippen molar-refractivity contribution in [3.63, 3.8) is 0 Å². The Morgan fingerprint density at radius 2 is 1.08 bits per heavy atom. The summed E-state index contributed by atoms with van der Waals surface area (Å²) >= 11 is 0. The van der Waals surface area contributed by atoms with E-state index in [-0.39, 0.29) is 5.41 Å². The molecule has 1 aliphatic heterocycles. The molecule has 4 heteroatoms. The average molecular weight is 683 g/mol. The number of benzene rings is 6. The lowest BCUT2D eigenvalue weighted by molar-refractivity contribution is 0.361. The van der Waals surface area contributed by atoms with Gasteiger partial charge in [0, 0.05) is 39.4 Å². The van der Waals surface area contributed by atoms with Crippen molar-refractivity contribution in [2.24, 2.45) is 0 Å². The van der Waals surface area contributed by atoms with Gasteiger partial charge in [-0.2, -0.15) is 0 Å². The summed E-state index contributed by atoms with van der Waals surface area (Å²) in [5, 5.41) is 0. The van der Waals surface area contributed by atoms with Crippen molar-refractivity contribution < 1.29 is 9.47 Å². The van der Waals surface area contributed by atoms with E-state index in [1.807, 2.05) is 48.7 Å². The first-order valence-corrected chi connectivity index (χ1v) is 18.0. The van der Waals surface area contributed by atoms with Crippen molar-refractivity contribution >= 4 is 0 Å². The van der Waals surface area contributed by atoms with Crippen LogP contribution in [0.2, 0.25) is 0 Å². The van der Waals surface area contributed by atoms with Gasteiger partial charge in [-0.1, -0.05) is 135 Å². The van der Waals surface area contributed by atoms with Gasteiger partial charge in [0.15, 0.2) is 23.0 Å². The van der Waals surface area contributed by atoms with E-state index in [0.29, 0.717) is 5.75 Å². The van der Waals surface area contributed by atoms with Crippen LogP contribution < -0.4 is 9.47 Å². The number of aromatic nitrogens is 2. The second-order valence-electron chi connectivity index (χ2n) is 14.2. The molecule has 1 aliphatic carbocycles. The van der Waals surface area contributed by atoms with Crippen molar-refractivity contribution in [2.45, 2.75) is 19.3 Å². The Kier molecular flexibility index (Phi) is 7.12. The third-order valence-electron chi connectivity index (χ3n) is 10.6. The minimum atomic E-state index is -0.131. The lowest BCUT2D eigenvalue weighted by Gasteiger charge is -2.26. The first-order valence-electron chi connectivity index (χ1n) is 18.0. The average Bonchev–Trinajstić information content (AvgIpc) is 3.46. The van der Waals surface area contributed by atoms with Gasteiger partial charge in [0.05, 0.1) is 17.1 Å². The molecule has 2 aromatic heterocycles. The minimum Gasteiger partial charge on any atom is -0.449 e. The van der Waals surface area contributed by atoms with Gasteiger partial charge in [0.25, 0.3) is 0 Å². The molecule has 4 nitrogen and oxygen atoms in total. The zero-order chi connectivity index (χ0) is 35.5. The van der Waals surface area contributed by atoms with Crippen LogP contribution in [0, 0.1) is 0 Å². The molecule has 6 aromatic carbocycles. The molecule has 0 amide bonds. The Balaban J connectivity index is 1.03. The summed E-state index contributed by atoms with van der Waals surface area (Å²) in [6, 6.07) is 56.8. The number of ether oxygens (including phenoxy) is 2. The van der Waals surface area contributed by atoms with Gasteiger partial charge in [-0.3, -0.25) is 4.98 Å². The molecule has 0 radical (unpaired) electrons. The summed E-state index contributed by atoms with van der Waals surface area (Å²) in [4.78, 5) is 9.81. The summed E-state index contributed by atoms with van der Waals surface area (Å²) in [7, 11) is 0. The molecule has 0 saturated heterocycles. The van der Waals surface area contributed by atoms with Crippen molar-refractivity contribution in [3.05, 3.63) is 181 Å². The molecule has 0 atom stereocenters. The van der Waals surface area contributed by atoms with E-state index in [2.05, 4.69) is 140 Å². The standard InChI is InChI=1S/C49H34N2O2/c1-49(2)39-18-7-6-16-38(39)46-40(49)25-26-45-48(46)53-47-37(17-11-20-44(47)52-45)32-21-23-33(24-22-32)42-29-36(31-12-4-3-5-13-31)30-43(51-42)35-15-10-14-34(28-35)41-19-8-9-27-50-41/h3-30H,1-2H3. The zero-order valence-corrected chi connectivity index (χ0v) is 29.4. The summed E-state index contributed by atoms with van der Waals surface area (Å²) in [6.45, 7) is 4.56. The lowest BCUT2D eigenvalue weighted by atomic mass is 9.82. The molecule has 0 spiro atoms. The number of pyridine rings is 2. The fourth-order valence-corrected chi connectivity index (χ4v) is 7.89. The molecule has 0 saturated carbocycles. The van der Waals surface area contributed by atoms with Gasteiger partial charge < -0.3 is 9.47 Å². The molecule has 10 rings (SSSR count). The van der Waals surface area contributed by atoms with Crippen LogP contribution in [-0.2, 0) is 5.41 Å². The van der Waals surface area contributed by atoms with Crippen LogP contribution >= 0.6 is 0 Å². The minimum absolute atomic E-state index is 0.131. The van der Waals surface area contributed by atoms with E-state index in [1.165, 1.54) is 16.7 Å². The molecule has 2 aliphatic rings. The quantitative estimate of drug-likeness (QED) is 0.181. The molecular weight excluding hydrogens is 649 g/mol. The van der Waals surface area contributed by atoms with Crippen LogP contribution in [0.1, 0.15) is 25.0 Å². The van der Waals surface area contributed by atoms with E-state index in [4.69, 9.17) is 14.5 Å². The largest absolute Gasteiger partial charge is 0.449 e. The molecule has 3 heterocycles. The van der Waals surface area contributed by atoms with Crippen LogP contribution in [0.25, 0.3) is 67.2 Å². The molecule has 53 heavy (non-hydrogen) atoms. The topological polar surface area (TPSA) is 44.2 Å². The van der Waals surface area contributed by atoms with E-state index >= 15 is 0 Å². The van der Waals surface area contributed by atoms with Gasteiger partial charge in [-0.15, -0.1) is 0 Å². The van der Waals surface area contributed by atoms with Crippen LogP contribution in [0.3, 0.4) is 0 Å². The number of rotatable bonds is 5. The molecule has 0 N–H and O–H groups in total. The monoisotopic (exact) mass is 682 g/mol. The van der Waals surface area contributed by atoms with Gasteiger partial charge >= 0.3 is 0 Å². The summed E-state index contributed by atoms with van der Waals surface area (Å²) in [5.41, 5.74) is 14.8. The second kappa shape index (κ2) is 12.2. The van der Waals surface area contributed by atoms with Gasteiger partial charge in [0.2, 0.25) is 0 Å². The summed E-state index contributed by atoms with van der Waals surface area (Å²) in [5.74, 6) is 2.95. The number of para-hydroxylation sites is 1. The van der Waals surface area contributed by atoms with Gasteiger partial charge in [0.1, 0.15) is 0 Å². The number of fused-ring (bicyclic) bond motifs is 6. The van der Waals surface area contributed by atoms with E-state index in [1.54, 1.807) is 0 Å². The molecular formula is C49H34N2O2. The van der Waals surface area contributed by atoms with Crippen molar-refractivity contribution in [3.8, 4) is 90.2 Å². The van der Waals surface area contributed by atoms with Gasteiger partial charge in [-0.25, -0.2) is 4.98 Å². The highest BCUT2D eigenvalue weighted by Gasteiger charge is 2.39. The summed E-state index contributed by atoms with van der Waals surface area (Å²) in [6.07, 6.45) is 1.83. The molecule has 0 bridgehead atoms. The predicted molar refractivity (Wildman–Crippen MR) is 213 cm³/mol. The maximum Gasteiger partial charge on any atom is 0.178 e. The van der Waals surface area contributed by atoms with Crippen LogP contribution in [0.5, 0.6) is 23.0 Å². The fraction of sp³-hybridized carbons (Fsp3) is 0.0612. The third-order valence-corrected chi connectivity index (χ3v) is 10.6. The predicted octanol–water partition coefficient (Wildman–Crippen LogP) is 13.0. The van der Waals surface area contributed by atoms with E-state index < -0.39 is 0 Å². The van der Waals surface area contributed by atoms with Crippen LogP contribution in [0.15, 0.2) is 170 Å². The molecule has 0 unspecified atom stereocenters. The highest BCUT2D eigenvalue weighted by Crippen LogP contribution is 2.59. The number of hydrogen-bond donors (Lipinski definition) is 0. The van der Waals surface area contributed by atoms with Crippen LogP contribution in [-0.4, -0.2) is 9.97 Å². The van der Waals surface area contributed by atoms with Gasteiger partial charge in [-0.05, 0) is 75.8 Å². The maximum absolute atomic E-state index is 6.90. The Hall–Kier alpha value is -6.78. The van der Waals surface area contributed by atoms with Crippen molar-refractivity contribution in [2.75, 3.05) is 0 Å². The Morgan fingerprint density at radius 3 is 1.89 bits per heavy atom. The SMILES string of the molecule is CC1(C)c2ccccc2-c2c1ccc1c2Oc2c(cccc2-c2ccc(-c3cc(-c4ccccc4)cc(-c4cccc(-c5ccccn5)c4)n3)cc2)O1. The highest BCUT2D eigenvalue weighted by molar-refractivity contribution is 5.89. The normalized spacial score (nSPS) is 13.2. The zero-order valence-electron chi connectivity index (χ0n) is 29.4. The smallest absolute Gasteiger partial charge is 0.178 e. The van der Waals surface area contributed by atoms with Crippen molar-refractivity contribution in [1.29, 1.82) is 0 Å². The number of nitrogens with zero attached hydrogens (tertiary/aromatic N) is 2. The first-order chi connectivity index (χ1) is 26.0. The van der Waals surface area contributed by atoms with Crippen LogP contribution in [0.4, 0.5) is 0 Å². The highest BCUT2D eigenvalue weighted by atomic mass is 16.6. The molecule has 252 valence electrons. The Bertz CT molecular complexity index is 2680. The molecule has 8 aromatic rings. The Labute approximate surface area is 309 Å². The van der Waals surface area contributed by atoms with E-state index in [9.17, 15) is 0 Å². The number of hydrogen-bond acceptors (Lipinski definition) is 4. The van der Waals surface area contributed by atoms with E-state index in [0.717, 1.165) is 78.8 Å². The maximum atomic E-state index is 6.90. The fourth-order valence-electron chi connectivity index (χ4n) is 7.89. The molecule has 0 fully saturated rings. The lowest BCUT2D eigenvalue weighted by Crippen LogP contribution is -2.15. The Morgan fingerprint density at radius 1 is 0.415 bits per heavy atom.